The van der Waals surface area contributed by atoms with Crippen LogP contribution in [0.4, 0.5) is 5.69 Å². The van der Waals surface area contributed by atoms with Gasteiger partial charge in [0.2, 0.25) is 5.91 Å². The number of rotatable bonds is 10. The Morgan fingerprint density at radius 3 is 2.71 bits per heavy atom. The highest BCUT2D eigenvalue weighted by Crippen LogP contribution is 2.29. The molecular weight excluding hydrogens is 455 g/mol. The van der Waals surface area contributed by atoms with Crippen LogP contribution in [0.5, 0.6) is 5.75 Å². The normalized spacial score (nSPS) is 10.7. The minimum atomic E-state index is -0.226. The Morgan fingerprint density at radius 2 is 2.00 bits per heavy atom. The lowest BCUT2D eigenvalue weighted by Crippen LogP contribution is -2.15. The van der Waals surface area contributed by atoms with Gasteiger partial charge in [-0.15, -0.1) is 16.8 Å². The fraction of sp³-hybridized carbons (Fsp3) is 0.227. The number of allylic oxidation sites excluding steroid dienone is 1. The Labute approximate surface area is 195 Å². The predicted octanol–water partition coefficient (Wildman–Crippen LogP) is 5.64. The van der Waals surface area contributed by atoms with Gasteiger partial charge in [-0.05, 0) is 36.2 Å². The van der Waals surface area contributed by atoms with Crippen molar-refractivity contribution in [3.8, 4) is 5.75 Å². The molecule has 6 nitrogen and oxygen atoms in total. The molecule has 0 saturated heterocycles. The van der Waals surface area contributed by atoms with E-state index in [1.54, 1.807) is 24.3 Å². The summed E-state index contributed by atoms with van der Waals surface area (Å²) in [7, 11) is 0. The second-order valence-corrected chi connectivity index (χ2v) is 8.25. The minimum Gasteiger partial charge on any atom is -0.486 e. The first-order valence-electron chi connectivity index (χ1n) is 9.63. The molecule has 0 aliphatic heterocycles. The van der Waals surface area contributed by atoms with Gasteiger partial charge in [0, 0.05) is 6.54 Å². The molecule has 0 atom stereocenters. The van der Waals surface area contributed by atoms with Crippen LogP contribution in [0.25, 0.3) is 0 Å². The summed E-state index contributed by atoms with van der Waals surface area (Å²) >= 11 is 13.4. The number of thioether (sulfide) groups is 1. The molecule has 0 saturated carbocycles. The van der Waals surface area contributed by atoms with Crippen LogP contribution in [0.2, 0.25) is 10.0 Å². The van der Waals surface area contributed by atoms with E-state index in [0.29, 0.717) is 33.3 Å². The topological polar surface area (TPSA) is 69.0 Å². The van der Waals surface area contributed by atoms with E-state index in [1.165, 1.54) is 17.3 Å². The number of hydrogen-bond donors (Lipinski definition) is 1. The zero-order valence-electron chi connectivity index (χ0n) is 17.0. The minimum absolute atomic E-state index is 0.136. The molecule has 0 aliphatic rings. The molecular formula is C22H22Cl2N4O2S. The van der Waals surface area contributed by atoms with Crippen molar-refractivity contribution in [3.63, 3.8) is 0 Å². The quantitative estimate of drug-likeness (QED) is 0.302. The number of benzene rings is 2. The largest absolute Gasteiger partial charge is 0.486 e. The molecule has 0 bridgehead atoms. The predicted molar refractivity (Wildman–Crippen MR) is 126 cm³/mol. The first-order chi connectivity index (χ1) is 15.0. The third kappa shape index (κ3) is 6.26. The van der Waals surface area contributed by atoms with Crippen LogP contribution >= 0.6 is 35.0 Å². The van der Waals surface area contributed by atoms with E-state index in [9.17, 15) is 4.79 Å². The molecule has 1 amide bonds. The highest BCUT2D eigenvalue weighted by Gasteiger charge is 2.15. The van der Waals surface area contributed by atoms with Gasteiger partial charge in [-0.1, -0.05) is 66.2 Å². The van der Waals surface area contributed by atoms with Crippen LogP contribution in [0, 0.1) is 0 Å². The van der Waals surface area contributed by atoms with Gasteiger partial charge >= 0.3 is 0 Å². The Kier molecular flexibility index (Phi) is 8.40. The lowest BCUT2D eigenvalue weighted by Gasteiger charge is -2.10. The number of carbonyl (C=O) groups is 1. The third-order valence-electron chi connectivity index (χ3n) is 4.36. The number of aromatic nitrogens is 3. The van der Waals surface area contributed by atoms with Crippen LogP contribution in [0.3, 0.4) is 0 Å². The SMILES string of the molecule is C=CCn1c(COc2ccc(CC)cc2)nnc1SCC(=O)Nc1cccc(Cl)c1Cl. The standard InChI is InChI=1S/C22H22Cl2N4O2S/c1-3-12-28-19(13-30-16-10-8-15(4-2)9-11-16)26-27-22(28)31-14-20(29)25-18-7-5-6-17(23)21(18)24/h3,5-11H,1,4,12-14H2,2H3,(H,25,29). The summed E-state index contributed by atoms with van der Waals surface area (Å²) in [5.41, 5.74) is 1.72. The number of nitrogens with zero attached hydrogens (tertiary/aromatic N) is 3. The molecule has 0 fully saturated rings. The van der Waals surface area contributed by atoms with Crippen LogP contribution in [0.1, 0.15) is 18.3 Å². The molecule has 0 radical (unpaired) electrons. The molecule has 0 unspecified atom stereocenters. The molecule has 0 spiro atoms. The van der Waals surface area contributed by atoms with Crippen LogP contribution in [-0.4, -0.2) is 26.4 Å². The molecule has 1 N–H and O–H groups in total. The number of ether oxygens (including phenoxy) is 1. The molecule has 3 rings (SSSR count). The summed E-state index contributed by atoms with van der Waals surface area (Å²) in [5.74, 6) is 1.33. The fourth-order valence-corrected chi connectivity index (χ4v) is 3.85. The average molecular weight is 477 g/mol. The van der Waals surface area contributed by atoms with Crippen LogP contribution < -0.4 is 10.1 Å². The summed E-state index contributed by atoms with van der Waals surface area (Å²) in [6, 6.07) is 13.0. The van der Waals surface area contributed by atoms with Crippen LogP contribution in [-0.2, 0) is 24.4 Å². The Morgan fingerprint density at radius 1 is 1.23 bits per heavy atom. The van der Waals surface area contributed by atoms with E-state index in [2.05, 4.69) is 29.0 Å². The van der Waals surface area contributed by atoms with Crippen molar-refractivity contribution in [2.75, 3.05) is 11.1 Å². The lowest BCUT2D eigenvalue weighted by molar-refractivity contribution is -0.113. The summed E-state index contributed by atoms with van der Waals surface area (Å²) in [5, 5.41) is 12.5. The lowest BCUT2D eigenvalue weighted by atomic mass is 10.2. The van der Waals surface area contributed by atoms with Crippen molar-refractivity contribution in [3.05, 3.63) is 76.6 Å². The highest BCUT2D eigenvalue weighted by atomic mass is 35.5. The molecule has 2 aromatic carbocycles. The number of carbonyl (C=O) groups excluding carboxylic acids is 1. The van der Waals surface area contributed by atoms with E-state index in [1.807, 2.05) is 28.8 Å². The summed E-state index contributed by atoms with van der Waals surface area (Å²) in [6.07, 6.45) is 2.73. The van der Waals surface area contributed by atoms with Gasteiger partial charge in [-0.3, -0.25) is 9.36 Å². The summed E-state index contributed by atoms with van der Waals surface area (Å²) in [4.78, 5) is 12.4. The molecule has 162 valence electrons. The maximum absolute atomic E-state index is 12.4. The monoisotopic (exact) mass is 476 g/mol. The van der Waals surface area contributed by atoms with Gasteiger partial charge in [0.25, 0.3) is 0 Å². The number of aryl methyl sites for hydroxylation is 1. The second-order valence-electron chi connectivity index (χ2n) is 6.52. The molecule has 31 heavy (non-hydrogen) atoms. The average Bonchev–Trinajstić information content (AvgIpc) is 3.16. The van der Waals surface area contributed by atoms with Crippen molar-refractivity contribution < 1.29 is 9.53 Å². The maximum Gasteiger partial charge on any atom is 0.234 e. The van der Waals surface area contributed by atoms with Gasteiger partial charge in [-0.25, -0.2) is 0 Å². The summed E-state index contributed by atoms with van der Waals surface area (Å²) in [6.45, 7) is 6.66. The van der Waals surface area contributed by atoms with Crippen LogP contribution in [0.15, 0.2) is 60.3 Å². The number of amides is 1. The van der Waals surface area contributed by atoms with Gasteiger partial charge in [-0.2, -0.15) is 0 Å². The van der Waals surface area contributed by atoms with Gasteiger partial charge in [0.05, 0.1) is 21.5 Å². The highest BCUT2D eigenvalue weighted by molar-refractivity contribution is 7.99. The van der Waals surface area contributed by atoms with Crippen molar-refractivity contribution in [1.29, 1.82) is 0 Å². The van der Waals surface area contributed by atoms with Crippen molar-refractivity contribution in [2.45, 2.75) is 31.7 Å². The fourth-order valence-electron chi connectivity index (χ4n) is 2.73. The number of anilines is 1. The Hall–Kier alpha value is -2.48. The molecule has 1 heterocycles. The zero-order chi connectivity index (χ0) is 22.2. The van der Waals surface area contributed by atoms with Crippen molar-refractivity contribution in [1.82, 2.24) is 14.8 Å². The van der Waals surface area contributed by atoms with Gasteiger partial charge in [0.15, 0.2) is 11.0 Å². The van der Waals surface area contributed by atoms with Gasteiger partial charge < -0.3 is 10.1 Å². The zero-order valence-corrected chi connectivity index (χ0v) is 19.3. The van der Waals surface area contributed by atoms with E-state index < -0.39 is 0 Å². The van der Waals surface area contributed by atoms with E-state index in [0.717, 1.165) is 12.2 Å². The summed E-state index contributed by atoms with van der Waals surface area (Å²) < 4.78 is 7.72. The maximum atomic E-state index is 12.4. The molecule has 1 aromatic heterocycles. The molecule has 0 aliphatic carbocycles. The number of halogens is 2. The Balaban J connectivity index is 1.61. The van der Waals surface area contributed by atoms with Gasteiger partial charge in [0.1, 0.15) is 12.4 Å². The van der Waals surface area contributed by atoms with Crippen molar-refractivity contribution >= 4 is 46.6 Å². The first-order valence-corrected chi connectivity index (χ1v) is 11.4. The second kappa shape index (κ2) is 11.2. The van der Waals surface area contributed by atoms with E-state index in [4.69, 9.17) is 27.9 Å². The van der Waals surface area contributed by atoms with Crippen molar-refractivity contribution in [2.24, 2.45) is 0 Å². The number of nitrogens with one attached hydrogen (secondary N) is 1. The van der Waals surface area contributed by atoms with E-state index >= 15 is 0 Å². The number of hydrogen-bond acceptors (Lipinski definition) is 5. The molecule has 9 heteroatoms. The Bertz CT molecular complexity index is 1050. The smallest absolute Gasteiger partial charge is 0.234 e. The molecule has 3 aromatic rings. The van der Waals surface area contributed by atoms with E-state index in [-0.39, 0.29) is 18.3 Å². The third-order valence-corrected chi connectivity index (χ3v) is 6.15. The first kappa shape index (κ1) is 23.2.